The Hall–Kier alpha value is -2.99. The van der Waals surface area contributed by atoms with E-state index in [9.17, 15) is 14.4 Å². The highest BCUT2D eigenvalue weighted by molar-refractivity contribution is 6.49. The number of fused-ring (bicyclic) bond motifs is 1. The van der Waals surface area contributed by atoms with Crippen molar-refractivity contribution >= 4 is 46.3 Å². The van der Waals surface area contributed by atoms with Crippen molar-refractivity contribution in [2.75, 3.05) is 9.91 Å². The van der Waals surface area contributed by atoms with Crippen molar-refractivity contribution in [3.63, 3.8) is 0 Å². The zero-order valence-corrected chi connectivity index (χ0v) is 15.5. The van der Waals surface area contributed by atoms with Gasteiger partial charge in [0.2, 0.25) is 5.91 Å². The number of anilines is 2. The van der Waals surface area contributed by atoms with Crippen LogP contribution in [0.3, 0.4) is 0 Å². The Balaban J connectivity index is 1.85. The van der Waals surface area contributed by atoms with Crippen LogP contribution in [0.25, 0.3) is 0 Å². The van der Waals surface area contributed by atoms with E-state index in [1.165, 1.54) is 11.9 Å². The lowest BCUT2D eigenvalue weighted by atomic mass is 9.95. The number of hydrogen-bond donors (Lipinski definition) is 0. The van der Waals surface area contributed by atoms with E-state index in [0.717, 1.165) is 10.5 Å². The van der Waals surface area contributed by atoms with Gasteiger partial charge in [0.25, 0.3) is 5.91 Å². The van der Waals surface area contributed by atoms with E-state index < -0.39 is 23.8 Å². The molecule has 2 amide bonds. The molecular weight excluding hydrogens is 366 g/mol. The second-order valence-corrected chi connectivity index (χ2v) is 6.95. The average Bonchev–Trinajstić information content (AvgIpc) is 3.16. The molecule has 2 aromatic carbocycles. The van der Waals surface area contributed by atoms with E-state index in [1.54, 1.807) is 48.5 Å². The first-order valence-corrected chi connectivity index (χ1v) is 8.86. The molecule has 4 rings (SSSR count). The highest BCUT2D eigenvalue weighted by Crippen LogP contribution is 2.39. The molecule has 6 nitrogen and oxygen atoms in total. The first kappa shape index (κ1) is 17.4. The van der Waals surface area contributed by atoms with Crippen LogP contribution >= 0.6 is 11.6 Å². The quantitative estimate of drug-likeness (QED) is 0.766. The number of imide groups is 1. The Morgan fingerprint density at radius 1 is 1.04 bits per heavy atom. The van der Waals surface area contributed by atoms with Crippen LogP contribution in [-0.2, 0) is 14.4 Å². The molecule has 0 N–H and O–H groups in total. The second kappa shape index (κ2) is 6.32. The molecule has 2 aliphatic heterocycles. The zero-order chi connectivity index (χ0) is 19.3. The van der Waals surface area contributed by atoms with Gasteiger partial charge in [-0.3, -0.25) is 19.4 Å². The molecule has 7 heteroatoms. The van der Waals surface area contributed by atoms with E-state index in [4.69, 9.17) is 11.6 Å². The smallest absolute Gasteiger partial charge is 0.259 e. The number of rotatable bonds is 3. The van der Waals surface area contributed by atoms with E-state index in [0.29, 0.717) is 16.4 Å². The standard InChI is InChI=1S/C20H16ClN3O3/c1-11-14(21)9-6-10-15(11)24-18-16(17(22-24)12(2)25)19(26)23(20(18)27)13-7-4-3-5-8-13/h3-10,16,18H,1-2H3/t16-,18-/m1/s1. The Kier molecular flexibility index (Phi) is 4.08. The van der Waals surface area contributed by atoms with Crippen LogP contribution in [0, 0.1) is 12.8 Å². The van der Waals surface area contributed by atoms with Gasteiger partial charge in [-0.1, -0.05) is 35.9 Å². The number of carbonyl (C=O) groups excluding carboxylic acids is 3. The second-order valence-electron chi connectivity index (χ2n) is 6.54. The molecule has 1 saturated heterocycles. The summed E-state index contributed by atoms with van der Waals surface area (Å²) in [5.74, 6) is -2.10. The Morgan fingerprint density at radius 2 is 1.74 bits per heavy atom. The lowest BCUT2D eigenvalue weighted by Gasteiger charge is -2.24. The van der Waals surface area contributed by atoms with E-state index in [2.05, 4.69) is 5.10 Å². The summed E-state index contributed by atoms with van der Waals surface area (Å²) >= 11 is 6.22. The van der Waals surface area contributed by atoms with Crippen molar-refractivity contribution in [1.82, 2.24) is 0 Å². The third-order valence-electron chi connectivity index (χ3n) is 4.91. The molecule has 2 aliphatic rings. The molecule has 0 aliphatic carbocycles. The van der Waals surface area contributed by atoms with Gasteiger partial charge in [-0.25, -0.2) is 4.90 Å². The maximum Gasteiger partial charge on any atom is 0.259 e. The van der Waals surface area contributed by atoms with Crippen LogP contribution in [0.2, 0.25) is 5.02 Å². The van der Waals surface area contributed by atoms with Crippen LogP contribution < -0.4 is 9.91 Å². The van der Waals surface area contributed by atoms with Gasteiger partial charge in [-0.2, -0.15) is 5.10 Å². The molecule has 0 radical (unpaired) electrons. The maximum absolute atomic E-state index is 13.2. The summed E-state index contributed by atoms with van der Waals surface area (Å²) in [6.45, 7) is 3.16. The predicted octanol–water partition coefficient (Wildman–Crippen LogP) is 2.97. The van der Waals surface area contributed by atoms with E-state index >= 15 is 0 Å². The van der Waals surface area contributed by atoms with Crippen molar-refractivity contribution in [2.24, 2.45) is 11.0 Å². The van der Waals surface area contributed by atoms with Gasteiger partial charge in [-0.05, 0) is 36.8 Å². The van der Waals surface area contributed by atoms with Crippen molar-refractivity contribution in [1.29, 1.82) is 0 Å². The fraction of sp³-hybridized carbons (Fsp3) is 0.200. The molecule has 2 heterocycles. The predicted molar refractivity (Wildman–Crippen MR) is 103 cm³/mol. The van der Waals surface area contributed by atoms with Gasteiger partial charge in [-0.15, -0.1) is 0 Å². The van der Waals surface area contributed by atoms with E-state index in [-0.39, 0.29) is 11.5 Å². The third-order valence-corrected chi connectivity index (χ3v) is 5.32. The highest BCUT2D eigenvalue weighted by Gasteiger charge is 2.58. The summed E-state index contributed by atoms with van der Waals surface area (Å²) in [6.07, 6.45) is 0. The summed E-state index contributed by atoms with van der Waals surface area (Å²) < 4.78 is 0. The number of carbonyl (C=O) groups is 3. The molecule has 0 aromatic heterocycles. The summed E-state index contributed by atoms with van der Waals surface area (Å²) in [6, 6.07) is 13.1. The minimum atomic E-state index is -0.923. The summed E-state index contributed by atoms with van der Waals surface area (Å²) in [5, 5.41) is 6.33. The van der Waals surface area contributed by atoms with Crippen molar-refractivity contribution in [3.05, 3.63) is 59.1 Å². The lowest BCUT2D eigenvalue weighted by Crippen LogP contribution is -2.39. The molecule has 0 spiro atoms. The van der Waals surface area contributed by atoms with Crippen molar-refractivity contribution < 1.29 is 14.4 Å². The van der Waals surface area contributed by atoms with Crippen LogP contribution in [0.4, 0.5) is 11.4 Å². The van der Waals surface area contributed by atoms with Gasteiger partial charge < -0.3 is 0 Å². The molecule has 1 fully saturated rings. The number of nitrogens with zero attached hydrogens (tertiary/aromatic N) is 3. The molecule has 27 heavy (non-hydrogen) atoms. The van der Waals surface area contributed by atoms with E-state index in [1.807, 2.05) is 6.92 Å². The van der Waals surface area contributed by atoms with Crippen LogP contribution in [0.5, 0.6) is 0 Å². The monoisotopic (exact) mass is 381 g/mol. The number of hydrazone groups is 1. The topological polar surface area (TPSA) is 70.1 Å². The molecular formula is C20H16ClN3O3. The largest absolute Gasteiger partial charge is 0.293 e. The molecule has 136 valence electrons. The first-order valence-electron chi connectivity index (χ1n) is 8.48. The SMILES string of the molecule is CC(=O)C1=NN(c2cccc(Cl)c2C)[C@H]2C(=O)N(c3ccccc3)C(=O)[C@H]12. The summed E-state index contributed by atoms with van der Waals surface area (Å²) in [5.41, 5.74) is 1.90. The molecule has 2 atom stereocenters. The van der Waals surface area contributed by atoms with Crippen molar-refractivity contribution in [3.8, 4) is 0 Å². The third kappa shape index (κ3) is 2.56. The molecule has 0 bridgehead atoms. The van der Waals surface area contributed by atoms with Crippen molar-refractivity contribution in [2.45, 2.75) is 19.9 Å². The Labute approximate surface area is 161 Å². The molecule has 2 aromatic rings. The molecule has 0 unspecified atom stereocenters. The Morgan fingerprint density at radius 3 is 2.41 bits per heavy atom. The lowest BCUT2D eigenvalue weighted by molar-refractivity contribution is -0.122. The number of para-hydroxylation sites is 1. The Bertz CT molecular complexity index is 1000. The summed E-state index contributed by atoms with van der Waals surface area (Å²) in [7, 11) is 0. The number of ketones is 1. The maximum atomic E-state index is 13.2. The number of benzene rings is 2. The number of hydrogen-bond acceptors (Lipinski definition) is 5. The van der Waals surface area contributed by atoms with Gasteiger partial charge in [0, 0.05) is 11.9 Å². The normalized spacial score (nSPS) is 21.5. The number of halogens is 1. The van der Waals surface area contributed by atoms with Gasteiger partial charge in [0.05, 0.1) is 11.4 Å². The van der Waals surface area contributed by atoms with Gasteiger partial charge in [0.1, 0.15) is 17.7 Å². The van der Waals surface area contributed by atoms with Crippen LogP contribution in [0.1, 0.15) is 12.5 Å². The number of amides is 2. The minimum absolute atomic E-state index is 0.0937. The minimum Gasteiger partial charge on any atom is -0.293 e. The number of Topliss-reactive ketones (excluding diaryl/α,β-unsaturated/α-hetero) is 1. The van der Waals surface area contributed by atoms with Gasteiger partial charge in [0.15, 0.2) is 5.78 Å². The fourth-order valence-electron chi connectivity index (χ4n) is 3.58. The highest BCUT2D eigenvalue weighted by atomic mass is 35.5. The van der Waals surface area contributed by atoms with Gasteiger partial charge >= 0.3 is 0 Å². The van der Waals surface area contributed by atoms with Crippen LogP contribution in [0.15, 0.2) is 53.6 Å². The summed E-state index contributed by atoms with van der Waals surface area (Å²) in [4.78, 5) is 39.5. The zero-order valence-electron chi connectivity index (χ0n) is 14.7. The first-order chi connectivity index (χ1) is 12.9. The average molecular weight is 382 g/mol. The van der Waals surface area contributed by atoms with Crippen LogP contribution in [-0.4, -0.2) is 29.4 Å². The molecule has 0 saturated carbocycles. The fourth-order valence-corrected chi connectivity index (χ4v) is 3.75.